The lowest BCUT2D eigenvalue weighted by atomic mass is 10.2. The SMILES string of the molecule is CC(C)OCCOCc1ccc(OC[C@@H](O)CNC=O)cc1. The number of aliphatic hydroxyl groups is 1. The molecule has 6 heteroatoms. The van der Waals surface area contributed by atoms with Gasteiger partial charge in [-0.2, -0.15) is 0 Å². The van der Waals surface area contributed by atoms with Gasteiger partial charge in [0.1, 0.15) is 18.5 Å². The van der Waals surface area contributed by atoms with E-state index in [0.29, 0.717) is 32.0 Å². The van der Waals surface area contributed by atoms with Crippen molar-refractivity contribution < 1.29 is 24.1 Å². The highest BCUT2D eigenvalue weighted by Crippen LogP contribution is 2.13. The first kappa shape index (κ1) is 18.4. The number of hydrogen-bond acceptors (Lipinski definition) is 5. The molecule has 1 aromatic carbocycles. The zero-order valence-electron chi connectivity index (χ0n) is 13.2. The Bertz CT molecular complexity index is 408. The van der Waals surface area contributed by atoms with Gasteiger partial charge in [0.05, 0.1) is 25.9 Å². The van der Waals surface area contributed by atoms with Gasteiger partial charge in [-0.15, -0.1) is 0 Å². The summed E-state index contributed by atoms with van der Waals surface area (Å²) in [5, 5.41) is 11.9. The van der Waals surface area contributed by atoms with Crippen molar-refractivity contribution in [3.05, 3.63) is 29.8 Å². The molecular formula is C16H25NO5. The fourth-order valence-electron chi connectivity index (χ4n) is 1.65. The molecule has 0 unspecified atom stereocenters. The third kappa shape index (κ3) is 8.61. The zero-order valence-corrected chi connectivity index (χ0v) is 13.2. The minimum atomic E-state index is -0.728. The first-order chi connectivity index (χ1) is 10.6. The maximum absolute atomic E-state index is 10.1. The lowest BCUT2D eigenvalue weighted by molar-refractivity contribution is -0.110. The summed E-state index contributed by atoms with van der Waals surface area (Å²) in [6.45, 7) is 5.96. The van der Waals surface area contributed by atoms with Crippen LogP contribution in [0.15, 0.2) is 24.3 Å². The van der Waals surface area contributed by atoms with E-state index in [0.717, 1.165) is 5.56 Å². The molecule has 0 saturated heterocycles. The average Bonchev–Trinajstić information content (AvgIpc) is 2.51. The molecule has 0 heterocycles. The van der Waals surface area contributed by atoms with Gasteiger partial charge in [-0.3, -0.25) is 4.79 Å². The summed E-state index contributed by atoms with van der Waals surface area (Å²) in [7, 11) is 0. The minimum absolute atomic E-state index is 0.128. The van der Waals surface area contributed by atoms with Crippen molar-refractivity contribution in [1.29, 1.82) is 0 Å². The maximum Gasteiger partial charge on any atom is 0.207 e. The summed E-state index contributed by atoms with van der Waals surface area (Å²) >= 11 is 0. The molecule has 0 aliphatic carbocycles. The number of aliphatic hydroxyl groups excluding tert-OH is 1. The summed E-state index contributed by atoms with van der Waals surface area (Å²) in [5.41, 5.74) is 1.04. The number of benzene rings is 1. The molecule has 22 heavy (non-hydrogen) atoms. The predicted octanol–water partition coefficient (Wildman–Crippen LogP) is 1.11. The number of hydrogen-bond donors (Lipinski definition) is 2. The van der Waals surface area contributed by atoms with E-state index < -0.39 is 6.10 Å². The smallest absolute Gasteiger partial charge is 0.207 e. The number of carbonyl (C=O) groups excluding carboxylic acids is 1. The van der Waals surface area contributed by atoms with Crippen LogP contribution in [0.4, 0.5) is 0 Å². The van der Waals surface area contributed by atoms with E-state index in [9.17, 15) is 9.90 Å². The highest BCUT2D eigenvalue weighted by atomic mass is 16.5. The Balaban J connectivity index is 2.20. The summed E-state index contributed by atoms with van der Waals surface area (Å²) in [6, 6.07) is 7.47. The van der Waals surface area contributed by atoms with Gasteiger partial charge in [-0.1, -0.05) is 12.1 Å². The molecule has 0 fully saturated rings. The van der Waals surface area contributed by atoms with Crippen molar-refractivity contribution in [2.75, 3.05) is 26.4 Å². The molecule has 0 aliphatic rings. The standard InChI is InChI=1S/C16H25NO5/c1-13(2)21-8-7-20-10-14-3-5-16(6-4-14)22-11-15(19)9-17-12-18/h3-6,12-13,15,19H,7-11H2,1-2H3,(H,17,18)/t15-/m0/s1. The van der Waals surface area contributed by atoms with Gasteiger partial charge in [0.2, 0.25) is 6.41 Å². The molecule has 0 radical (unpaired) electrons. The van der Waals surface area contributed by atoms with E-state index >= 15 is 0 Å². The molecule has 124 valence electrons. The van der Waals surface area contributed by atoms with Crippen LogP contribution < -0.4 is 10.1 Å². The Morgan fingerprint density at radius 1 is 1.23 bits per heavy atom. The summed E-state index contributed by atoms with van der Waals surface area (Å²) < 4.78 is 16.3. The topological polar surface area (TPSA) is 77.0 Å². The molecule has 1 atom stereocenters. The van der Waals surface area contributed by atoms with Crippen molar-refractivity contribution >= 4 is 6.41 Å². The second-order valence-electron chi connectivity index (χ2n) is 5.11. The van der Waals surface area contributed by atoms with Crippen molar-refractivity contribution in [1.82, 2.24) is 5.32 Å². The molecule has 1 aromatic rings. The van der Waals surface area contributed by atoms with Crippen LogP contribution in [0, 0.1) is 0 Å². The van der Waals surface area contributed by atoms with Crippen LogP contribution in [0.5, 0.6) is 5.75 Å². The molecule has 0 spiro atoms. The van der Waals surface area contributed by atoms with Crippen LogP contribution in [-0.2, 0) is 20.9 Å². The quantitative estimate of drug-likeness (QED) is 0.447. The lowest BCUT2D eigenvalue weighted by Gasteiger charge is -2.12. The van der Waals surface area contributed by atoms with Gasteiger partial charge in [0.25, 0.3) is 0 Å². The van der Waals surface area contributed by atoms with E-state index in [-0.39, 0.29) is 19.3 Å². The van der Waals surface area contributed by atoms with E-state index in [2.05, 4.69) is 5.32 Å². The number of nitrogens with one attached hydrogen (secondary N) is 1. The van der Waals surface area contributed by atoms with Crippen molar-refractivity contribution in [2.24, 2.45) is 0 Å². The van der Waals surface area contributed by atoms with Gasteiger partial charge >= 0.3 is 0 Å². The van der Waals surface area contributed by atoms with Crippen molar-refractivity contribution in [3.8, 4) is 5.75 Å². The molecule has 6 nitrogen and oxygen atoms in total. The van der Waals surface area contributed by atoms with Gasteiger partial charge in [-0.05, 0) is 31.5 Å². The second-order valence-corrected chi connectivity index (χ2v) is 5.11. The largest absolute Gasteiger partial charge is 0.491 e. The number of amides is 1. The minimum Gasteiger partial charge on any atom is -0.491 e. The molecule has 0 aromatic heterocycles. The van der Waals surface area contributed by atoms with Gasteiger partial charge in [0.15, 0.2) is 0 Å². The highest BCUT2D eigenvalue weighted by Gasteiger charge is 2.04. The first-order valence-corrected chi connectivity index (χ1v) is 7.38. The second kappa shape index (κ2) is 11.0. The Morgan fingerprint density at radius 2 is 1.95 bits per heavy atom. The van der Waals surface area contributed by atoms with Gasteiger partial charge < -0.3 is 24.6 Å². The highest BCUT2D eigenvalue weighted by molar-refractivity contribution is 5.45. The fraction of sp³-hybridized carbons (Fsp3) is 0.562. The summed E-state index contributed by atoms with van der Waals surface area (Å²) in [5.74, 6) is 0.664. The number of rotatable bonds is 12. The first-order valence-electron chi connectivity index (χ1n) is 7.38. The van der Waals surface area contributed by atoms with Crippen molar-refractivity contribution in [3.63, 3.8) is 0 Å². The summed E-state index contributed by atoms with van der Waals surface area (Å²) in [4.78, 5) is 10.1. The maximum atomic E-state index is 10.1. The van der Waals surface area contributed by atoms with E-state index in [1.807, 2.05) is 38.1 Å². The average molecular weight is 311 g/mol. The molecule has 0 aliphatic heterocycles. The van der Waals surface area contributed by atoms with Crippen molar-refractivity contribution in [2.45, 2.75) is 32.7 Å². The third-order valence-corrected chi connectivity index (χ3v) is 2.75. The van der Waals surface area contributed by atoms with Crippen LogP contribution in [-0.4, -0.2) is 50.1 Å². The van der Waals surface area contributed by atoms with Gasteiger partial charge in [-0.25, -0.2) is 0 Å². The van der Waals surface area contributed by atoms with Crippen LogP contribution in [0.25, 0.3) is 0 Å². The normalized spacial score (nSPS) is 12.2. The lowest BCUT2D eigenvalue weighted by Crippen LogP contribution is -2.30. The van der Waals surface area contributed by atoms with E-state index in [1.54, 1.807) is 0 Å². The number of ether oxygens (including phenoxy) is 3. The Hall–Kier alpha value is -1.63. The monoisotopic (exact) mass is 311 g/mol. The Morgan fingerprint density at radius 3 is 2.59 bits per heavy atom. The van der Waals surface area contributed by atoms with Crippen LogP contribution in [0.1, 0.15) is 19.4 Å². The van der Waals surface area contributed by atoms with Crippen LogP contribution >= 0.6 is 0 Å². The fourth-order valence-corrected chi connectivity index (χ4v) is 1.65. The molecule has 1 amide bonds. The van der Waals surface area contributed by atoms with E-state index in [4.69, 9.17) is 14.2 Å². The zero-order chi connectivity index (χ0) is 16.2. The molecule has 2 N–H and O–H groups in total. The van der Waals surface area contributed by atoms with E-state index in [1.165, 1.54) is 0 Å². The Kier molecular flexibility index (Phi) is 9.21. The van der Waals surface area contributed by atoms with Crippen LogP contribution in [0.3, 0.4) is 0 Å². The predicted molar refractivity (Wildman–Crippen MR) is 82.8 cm³/mol. The molecular weight excluding hydrogens is 286 g/mol. The molecule has 0 saturated carbocycles. The molecule has 1 rings (SSSR count). The van der Waals surface area contributed by atoms with Crippen LogP contribution in [0.2, 0.25) is 0 Å². The van der Waals surface area contributed by atoms with Gasteiger partial charge in [0, 0.05) is 6.54 Å². The summed E-state index contributed by atoms with van der Waals surface area (Å²) in [6.07, 6.45) is 0.0378. The Labute approximate surface area is 131 Å². The third-order valence-electron chi connectivity index (χ3n) is 2.75. The molecule has 0 bridgehead atoms. The number of carbonyl (C=O) groups is 1.